The fraction of sp³-hybridized carbons (Fsp3) is 0.200. The van der Waals surface area contributed by atoms with Crippen molar-refractivity contribution in [3.8, 4) is 0 Å². The molecule has 0 unspecified atom stereocenters. The molecule has 1 aromatic rings. The molecule has 3 heteroatoms. The molecule has 1 amide bonds. The first-order chi connectivity index (χ1) is 6.31. The third-order valence-corrected chi connectivity index (χ3v) is 2.22. The Kier molecular flexibility index (Phi) is 1.85. The molecule has 2 rings (SSSR count). The second kappa shape index (κ2) is 3.01. The predicted octanol–water partition coefficient (Wildman–Crippen LogP) is 0.639. The van der Waals surface area contributed by atoms with E-state index in [0.29, 0.717) is 13.1 Å². The van der Waals surface area contributed by atoms with Crippen molar-refractivity contribution in [3.63, 3.8) is 0 Å². The summed E-state index contributed by atoms with van der Waals surface area (Å²) in [6, 6.07) is 7.79. The van der Waals surface area contributed by atoms with Crippen molar-refractivity contribution in [1.29, 1.82) is 0 Å². The third kappa shape index (κ3) is 1.33. The van der Waals surface area contributed by atoms with Gasteiger partial charge < -0.3 is 4.90 Å². The van der Waals surface area contributed by atoms with E-state index in [9.17, 15) is 9.59 Å². The largest absolute Gasteiger partial charge is 0.327 e. The minimum absolute atomic E-state index is 0.532. The summed E-state index contributed by atoms with van der Waals surface area (Å²) in [4.78, 5) is 22.6. The SMILES string of the molecule is O=[C]C(=O)N1Cc2ccccc2C1. The van der Waals surface area contributed by atoms with Crippen molar-refractivity contribution in [2.24, 2.45) is 0 Å². The molecule has 0 spiro atoms. The van der Waals surface area contributed by atoms with Gasteiger partial charge in [0.25, 0.3) is 12.2 Å². The van der Waals surface area contributed by atoms with Crippen LogP contribution in [0.3, 0.4) is 0 Å². The zero-order chi connectivity index (χ0) is 9.26. The Labute approximate surface area is 76.0 Å². The molecule has 1 aliphatic heterocycles. The van der Waals surface area contributed by atoms with E-state index in [0.717, 1.165) is 11.1 Å². The number of fused-ring (bicyclic) bond motifs is 1. The monoisotopic (exact) mass is 174 g/mol. The van der Waals surface area contributed by atoms with Gasteiger partial charge in [-0.3, -0.25) is 9.59 Å². The molecule has 0 aromatic heterocycles. The van der Waals surface area contributed by atoms with Crippen molar-refractivity contribution >= 4 is 12.2 Å². The topological polar surface area (TPSA) is 37.4 Å². The van der Waals surface area contributed by atoms with Crippen LogP contribution in [-0.2, 0) is 22.7 Å². The molecule has 0 fully saturated rings. The minimum atomic E-state index is -0.559. The van der Waals surface area contributed by atoms with Crippen LogP contribution in [0, 0.1) is 0 Å². The van der Waals surface area contributed by atoms with Crippen LogP contribution in [0.15, 0.2) is 24.3 Å². The van der Waals surface area contributed by atoms with Crippen molar-refractivity contribution < 1.29 is 9.59 Å². The number of nitrogens with zero attached hydrogens (tertiary/aromatic N) is 1. The second-order valence-corrected chi connectivity index (χ2v) is 3.03. The normalized spacial score (nSPS) is 14.0. The number of benzene rings is 1. The first kappa shape index (κ1) is 7.98. The first-order valence-electron chi connectivity index (χ1n) is 4.05. The molecule has 0 N–H and O–H groups in total. The van der Waals surface area contributed by atoms with Crippen LogP contribution >= 0.6 is 0 Å². The summed E-state index contributed by atoms with van der Waals surface area (Å²) in [5.41, 5.74) is 2.23. The zero-order valence-corrected chi connectivity index (χ0v) is 6.99. The van der Waals surface area contributed by atoms with Gasteiger partial charge in [-0.25, -0.2) is 0 Å². The molecule has 0 aliphatic carbocycles. The molecule has 1 aromatic carbocycles. The highest BCUT2D eigenvalue weighted by molar-refractivity contribution is 6.23. The molecule has 13 heavy (non-hydrogen) atoms. The molecule has 1 heterocycles. The highest BCUT2D eigenvalue weighted by Crippen LogP contribution is 2.21. The molecule has 0 saturated carbocycles. The van der Waals surface area contributed by atoms with Crippen LogP contribution in [0.2, 0.25) is 0 Å². The van der Waals surface area contributed by atoms with Gasteiger partial charge in [0.15, 0.2) is 0 Å². The fourth-order valence-electron chi connectivity index (χ4n) is 1.54. The number of carbonyl (C=O) groups excluding carboxylic acids is 2. The molecule has 0 bridgehead atoms. The summed E-state index contributed by atoms with van der Waals surface area (Å²) in [5.74, 6) is -0.559. The number of amides is 1. The van der Waals surface area contributed by atoms with Crippen molar-refractivity contribution in [3.05, 3.63) is 35.4 Å². The average molecular weight is 174 g/mol. The van der Waals surface area contributed by atoms with Crippen LogP contribution < -0.4 is 0 Å². The van der Waals surface area contributed by atoms with Gasteiger partial charge in [0, 0.05) is 13.1 Å². The van der Waals surface area contributed by atoms with E-state index in [1.807, 2.05) is 24.3 Å². The first-order valence-corrected chi connectivity index (χ1v) is 4.05. The van der Waals surface area contributed by atoms with E-state index in [1.54, 1.807) is 0 Å². The highest BCUT2D eigenvalue weighted by Gasteiger charge is 2.22. The standard InChI is InChI=1S/C10H8NO2/c12-7-10(13)11-5-8-3-1-2-4-9(8)6-11/h1-4H,5-6H2. The van der Waals surface area contributed by atoms with Gasteiger partial charge in [-0.2, -0.15) is 0 Å². The second-order valence-electron chi connectivity index (χ2n) is 3.03. The maximum atomic E-state index is 11.0. The summed E-state index contributed by atoms with van der Waals surface area (Å²) in [7, 11) is 0. The molecule has 3 nitrogen and oxygen atoms in total. The Morgan fingerprint density at radius 3 is 2.23 bits per heavy atom. The highest BCUT2D eigenvalue weighted by atomic mass is 16.2. The molecule has 1 radical (unpaired) electrons. The third-order valence-electron chi connectivity index (χ3n) is 2.22. The lowest BCUT2D eigenvalue weighted by atomic mass is 10.1. The Bertz CT molecular complexity index is 335. The maximum absolute atomic E-state index is 11.0. The van der Waals surface area contributed by atoms with Gasteiger partial charge >= 0.3 is 0 Å². The fourth-order valence-corrected chi connectivity index (χ4v) is 1.54. The zero-order valence-electron chi connectivity index (χ0n) is 6.99. The molecule has 1 aliphatic rings. The average Bonchev–Trinajstić information content (AvgIpc) is 2.59. The lowest BCUT2D eigenvalue weighted by molar-refractivity contribution is -0.124. The summed E-state index contributed by atoms with van der Waals surface area (Å²) in [6.07, 6.45) is 1.38. The van der Waals surface area contributed by atoms with Crippen molar-refractivity contribution in [2.75, 3.05) is 0 Å². The maximum Gasteiger partial charge on any atom is 0.299 e. The van der Waals surface area contributed by atoms with Crippen LogP contribution in [-0.4, -0.2) is 17.1 Å². The Morgan fingerprint density at radius 1 is 1.23 bits per heavy atom. The van der Waals surface area contributed by atoms with Gasteiger partial charge in [-0.1, -0.05) is 24.3 Å². The number of hydrogen-bond donors (Lipinski definition) is 0. The van der Waals surface area contributed by atoms with Crippen LogP contribution in [0.4, 0.5) is 0 Å². The van der Waals surface area contributed by atoms with E-state index < -0.39 is 5.91 Å². The smallest absolute Gasteiger partial charge is 0.299 e. The lowest BCUT2D eigenvalue weighted by Crippen LogP contribution is -2.25. The van der Waals surface area contributed by atoms with E-state index in [4.69, 9.17) is 0 Å². The molecular formula is C10H8NO2. The molecule has 0 atom stereocenters. The summed E-state index contributed by atoms with van der Waals surface area (Å²) < 4.78 is 0. The predicted molar refractivity (Wildman–Crippen MR) is 46.4 cm³/mol. The summed E-state index contributed by atoms with van der Waals surface area (Å²) in [5, 5.41) is 0. The molecular weight excluding hydrogens is 166 g/mol. The van der Waals surface area contributed by atoms with Crippen LogP contribution in [0.25, 0.3) is 0 Å². The van der Waals surface area contributed by atoms with Gasteiger partial charge in [0.05, 0.1) is 0 Å². The molecule has 0 saturated heterocycles. The number of rotatable bonds is 1. The van der Waals surface area contributed by atoms with E-state index in [1.165, 1.54) is 11.2 Å². The number of carbonyl (C=O) groups is 1. The van der Waals surface area contributed by atoms with E-state index in [2.05, 4.69) is 0 Å². The Morgan fingerprint density at radius 2 is 1.77 bits per heavy atom. The van der Waals surface area contributed by atoms with E-state index >= 15 is 0 Å². The summed E-state index contributed by atoms with van der Waals surface area (Å²) >= 11 is 0. The lowest BCUT2D eigenvalue weighted by Gasteiger charge is -2.09. The van der Waals surface area contributed by atoms with Crippen molar-refractivity contribution in [2.45, 2.75) is 13.1 Å². The Balaban J connectivity index is 2.23. The van der Waals surface area contributed by atoms with Gasteiger partial charge in [0.1, 0.15) is 0 Å². The van der Waals surface area contributed by atoms with Crippen LogP contribution in [0.5, 0.6) is 0 Å². The van der Waals surface area contributed by atoms with Gasteiger partial charge in [-0.15, -0.1) is 0 Å². The van der Waals surface area contributed by atoms with Crippen LogP contribution in [0.1, 0.15) is 11.1 Å². The summed E-state index contributed by atoms with van der Waals surface area (Å²) in [6.45, 7) is 1.06. The quantitative estimate of drug-likeness (QED) is 0.586. The van der Waals surface area contributed by atoms with E-state index in [-0.39, 0.29) is 0 Å². The minimum Gasteiger partial charge on any atom is -0.327 e. The van der Waals surface area contributed by atoms with Crippen molar-refractivity contribution in [1.82, 2.24) is 4.90 Å². The van der Waals surface area contributed by atoms with Gasteiger partial charge in [0.2, 0.25) is 0 Å². The molecule has 65 valence electrons. The Hall–Kier alpha value is -1.64. The van der Waals surface area contributed by atoms with Gasteiger partial charge in [-0.05, 0) is 11.1 Å². The number of hydrogen-bond acceptors (Lipinski definition) is 2.